The lowest BCUT2D eigenvalue weighted by Crippen LogP contribution is -2.36. The zero-order valence-corrected chi connectivity index (χ0v) is 14.9. The third kappa shape index (κ3) is 4.14. The molecule has 1 unspecified atom stereocenters. The molecule has 7 nitrogen and oxygen atoms in total. The minimum Gasteiger partial charge on any atom is -0.347 e. The summed E-state index contributed by atoms with van der Waals surface area (Å²) < 4.78 is 23.0. The number of anilines is 2. The Balaban J connectivity index is 1.74. The molecule has 3 rings (SSSR count). The van der Waals surface area contributed by atoms with Crippen LogP contribution in [-0.4, -0.2) is 41.8 Å². The number of benzene rings is 1. The molecule has 0 spiro atoms. The SMILES string of the molecule is Cc1cccc(C)c1Nc1cc(C(=O)NC2CCS(=O)(=O)C2)ncn1. The number of hydrogen-bond donors (Lipinski definition) is 2. The molecule has 1 saturated heterocycles. The number of sulfone groups is 1. The molecule has 1 aromatic heterocycles. The third-order valence-electron chi connectivity index (χ3n) is 4.20. The summed E-state index contributed by atoms with van der Waals surface area (Å²) in [7, 11) is -3.04. The number of aryl methyl sites for hydroxylation is 2. The predicted octanol–water partition coefficient (Wildman–Crippen LogP) is 1.75. The zero-order valence-electron chi connectivity index (χ0n) is 14.1. The third-order valence-corrected chi connectivity index (χ3v) is 5.97. The van der Waals surface area contributed by atoms with Crippen molar-refractivity contribution < 1.29 is 13.2 Å². The van der Waals surface area contributed by atoms with E-state index in [2.05, 4.69) is 20.6 Å². The first kappa shape index (κ1) is 17.3. The van der Waals surface area contributed by atoms with Gasteiger partial charge in [0.05, 0.1) is 11.5 Å². The van der Waals surface area contributed by atoms with Gasteiger partial charge in [-0.15, -0.1) is 0 Å². The molecule has 2 N–H and O–H groups in total. The van der Waals surface area contributed by atoms with Crippen LogP contribution >= 0.6 is 0 Å². The average Bonchev–Trinajstić information content (AvgIpc) is 2.90. The van der Waals surface area contributed by atoms with E-state index in [1.54, 1.807) is 6.07 Å². The number of nitrogens with zero attached hydrogens (tertiary/aromatic N) is 2. The molecule has 1 aliphatic rings. The molecule has 2 aromatic rings. The lowest BCUT2D eigenvalue weighted by Gasteiger charge is -2.13. The van der Waals surface area contributed by atoms with Crippen molar-refractivity contribution in [2.45, 2.75) is 26.3 Å². The molecule has 0 bridgehead atoms. The summed E-state index contributed by atoms with van der Waals surface area (Å²) in [5.41, 5.74) is 3.28. The number of hydrogen-bond acceptors (Lipinski definition) is 6. The van der Waals surface area contributed by atoms with E-state index in [0.29, 0.717) is 12.2 Å². The summed E-state index contributed by atoms with van der Waals surface area (Å²) in [6, 6.07) is 7.16. The molecule has 1 aromatic carbocycles. The molecule has 0 saturated carbocycles. The molecule has 1 fully saturated rings. The van der Waals surface area contributed by atoms with Crippen molar-refractivity contribution >= 4 is 27.2 Å². The molecule has 0 radical (unpaired) electrons. The normalized spacial score (nSPS) is 18.7. The highest BCUT2D eigenvalue weighted by Crippen LogP contribution is 2.23. The Morgan fingerprint density at radius 1 is 1.20 bits per heavy atom. The van der Waals surface area contributed by atoms with Crippen LogP contribution in [0.4, 0.5) is 11.5 Å². The first-order chi connectivity index (χ1) is 11.8. The molecule has 0 aliphatic carbocycles. The van der Waals surface area contributed by atoms with Crippen LogP contribution in [0.1, 0.15) is 28.0 Å². The molecule has 8 heteroatoms. The Bertz CT molecular complexity index is 892. The maximum Gasteiger partial charge on any atom is 0.270 e. The topological polar surface area (TPSA) is 101 Å². The maximum absolute atomic E-state index is 12.3. The number of carbonyl (C=O) groups excluding carboxylic acids is 1. The largest absolute Gasteiger partial charge is 0.347 e. The van der Waals surface area contributed by atoms with Gasteiger partial charge in [-0.1, -0.05) is 18.2 Å². The van der Waals surface area contributed by atoms with Gasteiger partial charge in [0, 0.05) is 17.8 Å². The van der Waals surface area contributed by atoms with Crippen LogP contribution < -0.4 is 10.6 Å². The van der Waals surface area contributed by atoms with Gasteiger partial charge in [0.2, 0.25) is 0 Å². The van der Waals surface area contributed by atoms with Crippen LogP contribution in [0.15, 0.2) is 30.6 Å². The number of rotatable bonds is 4. The Morgan fingerprint density at radius 2 is 1.92 bits per heavy atom. The van der Waals surface area contributed by atoms with Crippen LogP contribution in [0.3, 0.4) is 0 Å². The Morgan fingerprint density at radius 3 is 2.56 bits per heavy atom. The van der Waals surface area contributed by atoms with Gasteiger partial charge < -0.3 is 10.6 Å². The van der Waals surface area contributed by atoms with E-state index >= 15 is 0 Å². The van der Waals surface area contributed by atoms with E-state index in [-0.39, 0.29) is 23.2 Å². The first-order valence-electron chi connectivity index (χ1n) is 8.00. The highest BCUT2D eigenvalue weighted by Gasteiger charge is 2.29. The minimum atomic E-state index is -3.04. The van der Waals surface area contributed by atoms with E-state index in [1.807, 2.05) is 32.0 Å². The quantitative estimate of drug-likeness (QED) is 0.861. The highest BCUT2D eigenvalue weighted by molar-refractivity contribution is 7.91. The van der Waals surface area contributed by atoms with Crippen LogP contribution in [0, 0.1) is 13.8 Å². The molecule has 25 heavy (non-hydrogen) atoms. The second-order valence-corrected chi connectivity index (χ2v) is 8.48. The van der Waals surface area contributed by atoms with Crippen molar-refractivity contribution in [3.8, 4) is 0 Å². The lowest BCUT2D eigenvalue weighted by atomic mass is 10.1. The van der Waals surface area contributed by atoms with Crippen LogP contribution in [-0.2, 0) is 9.84 Å². The molecule has 1 atom stereocenters. The average molecular weight is 360 g/mol. The fourth-order valence-electron chi connectivity index (χ4n) is 2.86. The van der Waals surface area contributed by atoms with Crippen LogP contribution in [0.2, 0.25) is 0 Å². The van der Waals surface area contributed by atoms with Gasteiger partial charge >= 0.3 is 0 Å². The van der Waals surface area contributed by atoms with Crippen LogP contribution in [0.25, 0.3) is 0 Å². The number of amides is 1. The summed E-state index contributed by atoms with van der Waals surface area (Å²) >= 11 is 0. The molecule has 1 aliphatic heterocycles. The Kier molecular flexibility index (Phi) is 4.71. The van der Waals surface area contributed by atoms with E-state index in [9.17, 15) is 13.2 Å². The van der Waals surface area contributed by atoms with Crippen molar-refractivity contribution in [3.63, 3.8) is 0 Å². The second-order valence-electron chi connectivity index (χ2n) is 6.25. The number of nitrogens with one attached hydrogen (secondary N) is 2. The number of aromatic nitrogens is 2. The summed E-state index contributed by atoms with van der Waals surface area (Å²) in [4.78, 5) is 20.5. The lowest BCUT2D eigenvalue weighted by molar-refractivity contribution is 0.0936. The van der Waals surface area contributed by atoms with E-state index in [1.165, 1.54) is 6.33 Å². The van der Waals surface area contributed by atoms with Crippen molar-refractivity contribution in [1.29, 1.82) is 0 Å². The number of carbonyl (C=O) groups is 1. The van der Waals surface area contributed by atoms with Gasteiger partial charge in [-0.25, -0.2) is 18.4 Å². The fraction of sp³-hybridized carbons (Fsp3) is 0.353. The van der Waals surface area contributed by atoms with Crippen molar-refractivity contribution in [1.82, 2.24) is 15.3 Å². The van der Waals surface area contributed by atoms with Crippen LogP contribution in [0.5, 0.6) is 0 Å². The smallest absolute Gasteiger partial charge is 0.270 e. The Labute approximate surface area is 146 Å². The van der Waals surface area contributed by atoms with Gasteiger partial charge in [0.25, 0.3) is 5.91 Å². The minimum absolute atomic E-state index is 0.0165. The molecular weight excluding hydrogens is 340 g/mol. The van der Waals surface area contributed by atoms with Crippen molar-refractivity contribution in [2.75, 3.05) is 16.8 Å². The monoisotopic (exact) mass is 360 g/mol. The van der Waals surface area contributed by atoms with Crippen molar-refractivity contribution in [2.24, 2.45) is 0 Å². The van der Waals surface area contributed by atoms with Gasteiger partial charge in [0.1, 0.15) is 17.8 Å². The van der Waals surface area contributed by atoms with Crippen molar-refractivity contribution in [3.05, 3.63) is 47.4 Å². The zero-order chi connectivity index (χ0) is 18.0. The first-order valence-corrected chi connectivity index (χ1v) is 9.83. The highest BCUT2D eigenvalue weighted by atomic mass is 32.2. The molecule has 1 amide bonds. The summed E-state index contributed by atoms with van der Waals surface area (Å²) in [5, 5.41) is 5.94. The summed E-state index contributed by atoms with van der Waals surface area (Å²) in [5.74, 6) is 0.212. The maximum atomic E-state index is 12.3. The summed E-state index contributed by atoms with van der Waals surface area (Å²) in [6.45, 7) is 3.98. The Hall–Kier alpha value is -2.48. The molecule has 2 heterocycles. The van der Waals surface area contributed by atoms with Gasteiger partial charge in [-0.3, -0.25) is 4.79 Å². The summed E-state index contributed by atoms with van der Waals surface area (Å²) in [6.07, 6.45) is 1.75. The molecule has 132 valence electrons. The van der Waals surface area contributed by atoms with E-state index in [4.69, 9.17) is 0 Å². The fourth-order valence-corrected chi connectivity index (χ4v) is 4.53. The van der Waals surface area contributed by atoms with Gasteiger partial charge in [-0.2, -0.15) is 0 Å². The van der Waals surface area contributed by atoms with E-state index < -0.39 is 15.7 Å². The predicted molar refractivity (Wildman–Crippen MR) is 95.8 cm³/mol. The second kappa shape index (κ2) is 6.79. The number of para-hydroxylation sites is 1. The van der Waals surface area contributed by atoms with Gasteiger partial charge in [0.15, 0.2) is 9.84 Å². The standard InChI is InChI=1S/C17H20N4O3S/c1-11-4-3-5-12(2)16(11)21-15-8-14(18-10-19-15)17(22)20-13-6-7-25(23,24)9-13/h3-5,8,10,13H,6-7,9H2,1-2H3,(H,20,22)(H,18,19,21). The van der Waals surface area contributed by atoms with Gasteiger partial charge in [-0.05, 0) is 31.4 Å². The van der Waals surface area contributed by atoms with E-state index in [0.717, 1.165) is 16.8 Å². The molecular formula is C17H20N4O3S.